The highest BCUT2D eigenvalue weighted by Crippen LogP contribution is 2.25. The molecule has 1 aromatic carbocycles. The zero-order valence-electron chi connectivity index (χ0n) is 10.4. The molecule has 0 bridgehead atoms. The van der Waals surface area contributed by atoms with E-state index >= 15 is 0 Å². The maximum atomic E-state index is 14.0. The van der Waals surface area contributed by atoms with Crippen molar-refractivity contribution < 1.29 is 4.39 Å². The van der Waals surface area contributed by atoms with Crippen LogP contribution in [0.3, 0.4) is 0 Å². The first-order chi connectivity index (χ1) is 8.75. The van der Waals surface area contributed by atoms with E-state index in [-0.39, 0.29) is 5.82 Å². The summed E-state index contributed by atoms with van der Waals surface area (Å²) in [5.74, 6) is 0.230. The number of aryl methyl sites for hydroxylation is 1. The third-order valence-electron chi connectivity index (χ3n) is 3.51. The number of halogens is 1. The first-order valence-electron chi connectivity index (χ1n) is 6.25. The topological polar surface area (TPSA) is 29.9 Å². The zero-order valence-corrected chi connectivity index (χ0v) is 10.4. The molecule has 3 rings (SSSR count). The van der Waals surface area contributed by atoms with Crippen molar-refractivity contribution in [3.63, 3.8) is 0 Å². The highest BCUT2D eigenvalue weighted by molar-refractivity contribution is 5.38. The Labute approximate surface area is 106 Å². The highest BCUT2D eigenvalue weighted by atomic mass is 19.1. The van der Waals surface area contributed by atoms with Crippen molar-refractivity contribution in [2.24, 2.45) is 0 Å². The molecular formula is C14H16FN3. The maximum Gasteiger partial charge on any atom is 0.147 e. The molecule has 1 saturated heterocycles. The third kappa shape index (κ3) is 1.93. The van der Waals surface area contributed by atoms with Crippen LogP contribution in [0.1, 0.15) is 23.6 Å². The molecule has 0 radical (unpaired) electrons. The number of nitrogens with one attached hydrogen (secondary N) is 1. The second kappa shape index (κ2) is 4.53. The van der Waals surface area contributed by atoms with Crippen LogP contribution in [0.25, 0.3) is 5.69 Å². The summed E-state index contributed by atoms with van der Waals surface area (Å²) in [6.07, 6.45) is 4.62. The molecule has 18 heavy (non-hydrogen) atoms. The largest absolute Gasteiger partial charge is 0.316 e. The molecular weight excluding hydrogens is 229 g/mol. The Morgan fingerprint density at radius 2 is 2.33 bits per heavy atom. The molecule has 0 spiro atoms. The Morgan fingerprint density at radius 3 is 3.06 bits per heavy atom. The van der Waals surface area contributed by atoms with Gasteiger partial charge in [0.2, 0.25) is 0 Å². The summed E-state index contributed by atoms with van der Waals surface area (Å²) < 4.78 is 15.9. The van der Waals surface area contributed by atoms with Gasteiger partial charge in [-0.3, -0.25) is 0 Å². The van der Waals surface area contributed by atoms with Gasteiger partial charge in [0.15, 0.2) is 0 Å². The summed E-state index contributed by atoms with van der Waals surface area (Å²) >= 11 is 0. The van der Waals surface area contributed by atoms with E-state index in [4.69, 9.17) is 0 Å². The summed E-state index contributed by atoms with van der Waals surface area (Å²) in [5.41, 5.74) is 2.60. The van der Waals surface area contributed by atoms with Gasteiger partial charge in [0.05, 0.1) is 12.0 Å². The molecule has 4 heteroatoms. The van der Waals surface area contributed by atoms with E-state index in [0.29, 0.717) is 11.6 Å². The van der Waals surface area contributed by atoms with Crippen molar-refractivity contribution in [3.05, 3.63) is 47.8 Å². The normalized spacial score (nSPS) is 19.3. The smallest absolute Gasteiger partial charge is 0.147 e. The van der Waals surface area contributed by atoms with Gasteiger partial charge in [0.1, 0.15) is 5.82 Å². The quantitative estimate of drug-likeness (QED) is 0.880. The second-order valence-electron chi connectivity index (χ2n) is 4.83. The van der Waals surface area contributed by atoms with Crippen LogP contribution in [0.2, 0.25) is 0 Å². The van der Waals surface area contributed by atoms with Crippen LogP contribution in [-0.4, -0.2) is 22.6 Å². The number of hydrogen-bond acceptors (Lipinski definition) is 2. The van der Waals surface area contributed by atoms with E-state index in [0.717, 1.165) is 30.8 Å². The Kier molecular flexibility index (Phi) is 2.88. The van der Waals surface area contributed by atoms with Gasteiger partial charge in [0.25, 0.3) is 0 Å². The molecule has 1 aliphatic heterocycles. The van der Waals surface area contributed by atoms with E-state index in [1.165, 1.54) is 0 Å². The summed E-state index contributed by atoms with van der Waals surface area (Å²) in [6.45, 7) is 3.86. The third-order valence-corrected chi connectivity index (χ3v) is 3.51. The molecule has 1 N–H and O–H groups in total. The number of aromatic nitrogens is 2. The second-order valence-corrected chi connectivity index (χ2v) is 4.83. The fourth-order valence-electron chi connectivity index (χ4n) is 2.52. The molecule has 1 unspecified atom stereocenters. The number of rotatable bonds is 2. The lowest BCUT2D eigenvalue weighted by molar-refractivity contribution is 0.609. The van der Waals surface area contributed by atoms with Crippen LogP contribution in [0.5, 0.6) is 0 Å². The van der Waals surface area contributed by atoms with Gasteiger partial charge in [0, 0.05) is 24.4 Å². The minimum absolute atomic E-state index is 0.194. The predicted molar refractivity (Wildman–Crippen MR) is 68.5 cm³/mol. The molecule has 1 aliphatic rings. The molecule has 0 aliphatic carbocycles. The monoisotopic (exact) mass is 245 g/mol. The first-order valence-corrected chi connectivity index (χ1v) is 6.25. The SMILES string of the molecule is Cc1ccc(-n2cncc2C2CCNC2)c(F)c1. The molecule has 1 aromatic heterocycles. The van der Waals surface area contributed by atoms with Crippen LogP contribution < -0.4 is 5.32 Å². The summed E-state index contributed by atoms with van der Waals surface area (Å²) in [6, 6.07) is 5.30. The van der Waals surface area contributed by atoms with Crippen molar-refractivity contribution in [1.82, 2.24) is 14.9 Å². The molecule has 0 amide bonds. The first kappa shape index (κ1) is 11.4. The van der Waals surface area contributed by atoms with Crippen LogP contribution in [0.15, 0.2) is 30.7 Å². The molecule has 2 heterocycles. The highest BCUT2D eigenvalue weighted by Gasteiger charge is 2.21. The number of nitrogens with zero attached hydrogens (tertiary/aromatic N) is 2. The van der Waals surface area contributed by atoms with E-state index in [2.05, 4.69) is 10.3 Å². The van der Waals surface area contributed by atoms with E-state index in [1.54, 1.807) is 12.4 Å². The molecule has 1 fully saturated rings. The van der Waals surface area contributed by atoms with Crippen LogP contribution in [0, 0.1) is 12.7 Å². The minimum atomic E-state index is -0.194. The van der Waals surface area contributed by atoms with Gasteiger partial charge < -0.3 is 9.88 Å². The van der Waals surface area contributed by atoms with Crippen LogP contribution >= 0.6 is 0 Å². The fraction of sp³-hybridized carbons (Fsp3) is 0.357. The van der Waals surface area contributed by atoms with Crippen molar-refractivity contribution in [3.8, 4) is 5.69 Å². The Bertz CT molecular complexity index is 556. The van der Waals surface area contributed by atoms with Crippen molar-refractivity contribution in [2.45, 2.75) is 19.3 Å². The molecule has 3 nitrogen and oxygen atoms in total. The standard InChI is InChI=1S/C14H16FN3/c1-10-2-3-13(12(15)6-10)18-9-17-8-14(18)11-4-5-16-7-11/h2-3,6,8-9,11,16H,4-5,7H2,1H3. The predicted octanol–water partition coefficient (Wildman–Crippen LogP) is 2.40. The van der Waals surface area contributed by atoms with Gasteiger partial charge in [-0.1, -0.05) is 6.07 Å². The van der Waals surface area contributed by atoms with Crippen molar-refractivity contribution >= 4 is 0 Å². The molecule has 0 saturated carbocycles. The average molecular weight is 245 g/mol. The van der Waals surface area contributed by atoms with Gasteiger partial charge >= 0.3 is 0 Å². The van der Waals surface area contributed by atoms with Gasteiger partial charge in [-0.25, -0.2) is 9.37 Å². The summed E-state index contributed by atoms with van der Waals surface area (Å²) in [7, 11) is 0. The lowest BCUT2D eigenvalue weighted by Gasteiger charge is -2.13. The Morgan fingerprint density at radius 1 is 1.44 bits per heavy atom. The van der Waals surface area contributed by atoms with Crippen molar-refractivity contribution in [2.75, 3.05) is 13.1 Å². The summed E-state index contributed by atoms with van der Waals surface area (Å²) in [5, 5.41) is 3.33. The van der Waals surface area contributed by atoms with Crippen LogP contribution in [0.4, 0.5) is 4.39 Å². The number of benzene rings is 1. The number of imidazole rings is 1. The number of hydrogen-bond donors (Lipinski definition) is 1. The minimum Gasteiger partial charge on any atom is -0.316 e. The maximum absolute atomic E-state index is 14.0. The lowest BCUT2D eigenvalue weighted by atomic mass is 10.1. The lowest BCUT2D eigenvalue weighted by Crippen LogP contribution is -2.11. The van der Waals surface area contributed by atoms with Crippen molar-refractivity contribution in [1.29, 1.82) is 0 Å². The van der Waals surface area contributed by atoms with Gasteiger partial charge in [-0.15, -0.1) is 0 Å². The van der Waals surface area contributed by atoms with Gasteiger partial charge in [-0.05, 0) is 37.6 Å². The average Bonchev–Trinajstić information content (AvgIpc) is 2.98. The fourth-order valence-corrected chi connectivity index (χ4v) is 2.52. The molecule has 1 atom stereocenters. The Hall–Kier alpha value is -1.68. The summed E-state index contributed by atoms with van der Waals surface area (Å²) in [4.78, 5) is 4.18. The van der Waals surface area contributed by atoms with E-state index in [1.807, 2.05) is 29.8 Å². The Balaban J connectivity index is 2.03. The van der Waals surface area contributed by atoms with E-state index < -0.39 is 0 Å². The van der Waals surface area contributed by atoms with Crippen LogP contribution in [-0.2, 0) is 0 Å². The molecule has 2 aromatic rings. The zero-order chi connectivity index (χ0) is 12.5. The van der Waals surface area contributed by atoms with Gasteiger partial charge in [-0.2, -0.15) is 0 Å². The van der Waals surface area contributed by atoms with E-state index in [9.17, 15) is 4.39 Å². The molecule has 94 valence electrons.